The first-order valence-corrected chi connectivity index (χ1v) is 7.49. The average molecular weight is 278 g/mol. The zero-order chi connectivity index (χ0) is 12.5. The summed E-state index contributed by atoms with van der Waals surface area (Å²) in [5.41, 5.74) is 1.45. The number of halogens is 1. The van der Waals surface area contributed by atoms with E-state index in [0.29, 0.717) is 18.0 Å². The summed E-state index contributed by atoms with van der Waals surface area (Å²) in [6.07, 6.45) is 1.24. The predicted molar refractivity (Wildman–Crippen MR) is 78.5 cm³/mol. The Hall–Kier alpha value is -0.830. The van der Waals surface area contributed by atoms with E-state index >= 15 is 0 Å². The lowest BCUT2D eigenvalue weighted by Gasteiger charge is -2.11. The second-order valence-electron chi connectivity index (χ2n) is 4.89. The molecule has 1 heterocycles. The molecule has 1 N–H and O–H groups in total. The van der Waals surface area contributed by atoms with Gasteiger partial charge < -0.3 is 5.32 Å². The van der Waals surface area contributed by atoms with Crippen LogP contribution in [0.2, 0.25) is 4.34 Å². The molecule has 0 aliphatic heterocycles. The molecule has 1 nitrogen and oxygen atoms in total. The van der Waals surface area contributed by atoms with Crippen molar-refractivity contribution in [1.82, 2.24) is 5.32 Å². The highest BCUT2D eigenvalue weighted by Crippen LogP contribution is 2.42. The summed E-state index contributed by atoms with van der Waals surface area (Å²) in [5.74, 6) is 0.684. The summed E-state index contributed by atoms with van der Waals surface area (Å²) in [6, 6.07) is 15.8. The second-order valence-corrected chi connectivity index (χ2v) is 6.64. The Morgan fingerprint density at radius 1 is 1.22 bits per heavy atom. The number of nitrogens with one attached hydrogen (secondary N) is 1. The van der Waals surface area contributed by atoms with Crippen LogP contribution in [0.25, 0.3) is 0 Å². The van der Waals surface area contributed by atoms with Gasteiger partial charge in [-0.05, 0) is 31.0 Å². The van der Waals surface area contributed by atoms with Crippen molar-refractivity contribution in [3.63, 3.8) is 0 Å². The Kier molecular flexibility index (Phi) is 3.42. The quantitative estimate of drug-likeness (QED) is 0.861. The highest BCUT2D eigenvalue weighted by molar-refractivity contribution is 7.16. The molecule has 1 saturated carbocycles. The van der Waals surface area contributed by atoms with Gasteiger partial charge in [0.15, 0.2) is 0 Å². The van der Waals surface area contributed by atoms with Crippen LogP contribution in [0.4, 0.5) is 0 Å². The lowest BCUT2D eigenvalue weighted by Crippen LogP contribution is -2.21. The lowest BCUT2D eigenvalue weighted by atomic mass is 10.1. The molecule has 1 aromatic heterocycles. The van der Waals surface area contributed by atoms with Crippen LogP contribution < -0.4 is 5.32 Å². The van der Waals surface area contributed by atoms with Gasteiger partial charge in [0.05, 0.1) is 4.34 Å². The maximum absolute atomic E-state index is 5.97. The molecular formula is C15H16ClNS. The van der Waals surface area contributed by atoms with E-state index in [1.54, 1.807) is 11.3 Å². The Morgan fingerprint density at radius 2 is 2.00 bits per heavy atom. The van der Waals surface area contributed by atoms with Crippen LogP contribution in [-0.2, 0) is 0 Å². The molecule has 0 bridgehead atoms. The highest BCUT2D eigenvalue weighted by Gasteiger charge is 2.38. The summed E-state index contributed by atoms with van der Waals surface area (Å²) in [5, 5.41) is 3.68. The molecule has 1 fully saturated rings. The molecule has 2 aromatic rings. The summed E-state index contributed by atoms with van der Waals surface area (Å²) >= 11 is 7.64. The first-order valence-electron chi connectivity index (χ1n) is 6.30. The van der Waals surface area contributed by atoms with Crippen molar-refractivity contribution in [2.45, 2.75) is 31.3 Å². The van der Waals surface area contributed by atoms with Crippen LogP contribution in [0.3, 0.4) is 0 Å². The largest absolute Gasteiger partial charge is 0.306 e. The van der Waals surface area contributed by atoms with Gasteiger partial charge in [0.1, 0.15) is 0 Å². The fourth-order valence-corrected chi connectivity index (χ4v) is 3.48. The molecule has 0 saturated heterocycles. The van der Waals surface area contributed by atoms with Gasteiger partial charge in [-0.15, -0.1) is 11.3 Å². The first kappa shape index (κ1) is 12.2. The third-order valence-corrected chi connectivity index (χ3v) is 4.92. The third-order valence-electron chi connectivity index (χ3n) is 3.50. The monoisotopic (exact) mass is 277 g/mol. The summed E-state index contributed by atoms with van der Waals surface area (Å²) in [7, 11) is 0. The number of hydrogen-bond acceptors (Lipinski definition) is 2. The van der Waals surface area contributed by atoms with Crippen LogP contribution in [0.15, 0.2) is 42.5 Å². The van der Waals surface area contributed by atoms with Crippen molar-refractivity contribution in [1.29, 1.82) is 0 Å². The van der Waals surface area contributed by atoms with E-state index in [4.69, 9.17) is 11.6 Å². The molecule has 0 spiro atoms. The van der Waals surface area contributed by atoms with Gasteiger partial charge in [0.2, 0.25) is 0 Å². The van der Waals surface area contributed by atoms with Crippen LogP contribution in [0, 0.1) is 0 Å². The molecule has 1 aliphatic carbocycles. The van der Waals surface area contributed by atoms with Gasteiger partial charge in [0.25, 0.3) is 0 Å². The Morgan fingerprint density at radius 3 is 2.67 bits per heavy atom. The van der Waals surface area contributed by atoms with E-state index in [0.717, 1.165) is 4.34 Å². The number of thiophene rings is 1. The molecule has 18 heavy (non-hydrogen) atoms. The summed E-state index contributed by atoms with van der Waals surface area (Å²) in [6.45, 7) is 2.21. The number of hydrogen-bond donors (Lipinski definition) is 1. The minimum absolute atomic E-state index is 0.390. The van der Waals surface area contributed by atoms with E-state index in [9.17, 15) is 0 Å². The van der Waals surface area contributed by atoms with Crippen LogP contribution in [-0.4, -0.2) is 6.04 Å². The molecule has 0 radical (unpaired) electrons. The zero-order valence-corrected chi connectivity index (χ0v) is 11.8. The van der Waals surface area contributed by atoms with E-state index in [1.165, 1.54) is 16.9 Å². The molecule has 3 heteroatoms. The molecule has 1 aliphatic rings. The maximum Gasteiger partial charge on any atom is 0.0931 e. The van der Waals surface area contributed by atoms with Gasteiger partial charge in [-0.2, -0.15) is 0 Å². The topological polar surface area (TPSA) is 12.0 Å². The van der Waals surface area contributed by atoms with E-state index in [-0.39, 0.29) is 0 Å². The minimum atomic E-state index is 0.390. The van der Waals surface area contributed by atoms with E-state index in [1.807, 2.05) is 6.07 Å². The molecule has 3 rings (SSSR count). The molecule has 1 aromatic carbocycles. The van der Waals surface area contributed by atoms with Crippen molar-refractivity contribution >= 4 is 22.9 Å². The minimum Gasteiger partial charge on any atom is -0.306 e. The van der Waals surface area contributed by atoms with E-state index in [2.05, 4.69) is 48.6 Å². The van der Waals surface area contributed by atoms with Crippen LogP contribution in [0.5, 0.6) is 0 Å². The molecule has 94 valence electrons. The SMILES string of the molecule is CC(NC1CC1c1ccccc1)c1ccc(Cl)s1. The maximum atomic E-state index is 5.97. The molecule has 3 atom stereocenters. The second kappa shape index (κ2) is 5.04. The zero-order valence-electron chi connectivity index (χ0n) is 10.3. The Labute approximate surface area is 117 Å². The van der Waals surface area contributed by atoms with Gasteiger partial charge in [0, 0.05) is 22.9 Å². The summed E-state index contributed by atoms with van der Waals surface area (Å²) in [4.78, 5) is 1.32. The van der Waals surface area contributed by atoms with Crippen molar-refractivity contribution in [2.75, 3.05) is 0 Å². The number of benzene rings is 1. The molecular weight excluding hydrogens is 262 g/mol. The van der Waals surface area contributed by atoms with Crippen molar-refractivity contribution in [3.8, 4) is 0 Å². The van der Waals surface area contributed by atoms with Crippen molar-refractivity contribution in [3.05, 3.63) is 57.2 Å². The van der Waals surface area contributed by atoms with Crippen LogP contribution >= 0.6 is 22.9 Å². The van der Waals surface area contributed by atoms with Crippen LogP contribution in [0.1, 0.15) is 35.7 Å². The smallest absolute Gasteiger partial charge is 0.0931 e. The Bertz CT molecular complexity index is 522. The highest BCUT2D eigenvalue weighted by atomic mass is 35.5. The fraction of sp³-hybridized carbons (Fsp3) is 0.333. The van der Waals surface area contributed by atoms with Gasteiger partial charge in [-0.25, -0.2) is 0 Å². The summed E-state index contributed by atoms with van der Waals surface area (Å²) < 4.78 is 0.869. The van der Waals surface area contributed by atoms with E-state index < -0.39 is 0 Å². The number of rotatable bonds is 4. The van der Waals surface area contributed by atoms with Gasteiger partial charge in [-0.1, -0.05) is 41.9 Å². The fourth-order valence-electron chi connectivity index (χ4n) is 2.41. The lowest BCUT2D eigenvalue weighted by molar-refractivity contribution is 0.570. The third kappa shape index (κ3) is 2.61. The standard InChI is InChI=1S/C15H16ClNS/c1-10(14-7-8-15(16)18-14)17-13-9-12(13)11-5-3-2-4-6-11/h2-8,10,12-13,17H,9H2,1H3. The Balaban J connectivity index is 1.60. The van der Waals surface area contributed by atoms with Crippen molar-refractivity contribution < 1.29 is 0 Å². The average Bonchev–Trinajstić information content (AvgIpc) is 3.01. The van der Waals surface area contributed by atoms with Gasteiger partial charge in [-0.3, -0.25) is 0 Å². The molecule has 0 amide bonds. The normalized spacial score (nSPS) is 23.9. The first-order chi connectivity index (χ1) is 8.74. The van der Waals surface area contributed by atoms with Gasteiger partial charge >= 0.3 is 0 Å². The predicted octanol–water partition coefficient (Wildman–Crippen LogP) is 4.61. The van der Waals surface area contributed by atoms with Crippen molar-refractivity contribution in [2.24, 2.45) is 0 Å². The molecule has 3 unspecified atom stereocenters.